The Balaban J connectivity index is 2.99. The second kappa shape index (κ2) is 6.71. The smallest absolute Gasteiger partial charge is 0.330 e. The number of nitrogens with two attached hydrogens (primary N) is 1. The van der Waals surface area contributed by atoms with Crippen molar-refractivity contribution in [3.8, 4) is 0 Å². The molecule has 0 fully saturated rings. The van der Waals surface area contributed by atoms with Gasteiger partial charge < -0.3 is 15.2 Å². The monoisotopic (exact) mass is 296 g/mol. The van der Waals surface area contributed by atoms with Crippen molar-refractivity contribution in [2.45, 2.75) is 32.9 Å². The van der Waals surface area contributed by atoms with Gasteiger partial charge in [0.05, 0.1) is 18.2 Å². The number of hydrogen-bond donors (Lipinski definition) is 1. The van der Waals surface area contributed by atoms with Gasteiger partial charge in [-0.25, -0.2) is 4.79 Å². The van der Waals surface area contributed by atoms with Gasteiger partial charge >= 0.3 is 5.69 Å². The van der Waals surface area contributed by atoms with E-state index in [1.165, 1.54) is 22.7 Å². The number of likely N-dealkylation sites (N-methyl/N-ethyl adjacent to an activating group) is 1. The summed E-state index contributed by atoms with van der Waals surface area (Å²) in [5, 5.41) is 0. The average molecular weight is 296 g/mol. The van der Waals surface area contributed by atoms with Crippen LogP contribution in [0.1, 0.15) is 25.8 Å². The standard InChI is InChI=1S/C14H24N4O3/c1-6-9(2)11(15)13(20)16(3)7-10-8-17(4)14(21)18(5)12(10)19/h8-9,11H,6-7,15H2,1-5H3/t9-,11-/m0/s1. The van der Waals surface area contributed by atoms with Crippen molar-refractivity contribution in [3.63, 3.8) is 0 Å². The van der Waals surface area contributed by atoms with Crippen LogP contribution in [0.3, 0.4) is 0 Å². The lowest BCUT2D eigenvalue weighted by atomic mass is 9.99. The fourth-order valence-electron chi connectivity index (χ4n) is 2.08. The van der Waals surface area contributed by atoms with E-state index < -0.39 is 17.3 Å². The van der Waals surface area contributed by atoms with Crippen molar-refractivity contribution in [2.75, 3.05) is 7.05 Å². The van der Waals surface area contributed by atoms with Gasteiger partial charge in [0.25, 0.3) is 5.56 Å². The van der Waals surface area contributed by atoms with Gasteiger partial charge in [0.2, 0.25) is 5.91 Å². The number of aryl methyl sites for hydroxylation is 1. The molecular weight excluding hydrogens is 272 g/mol. The normalized spacial score (nSPS) is 13.8. The first-order chi connectivity index (χ1) is 9.70. The number of rotatable bonds is 5. The molecule has 1 rings (SSSR count). The van der Waals surface area contributed by atoms with Crippen LogP contribution in [0, 0.1) is 5.92 Å². The zero-order valence-electron chi connectivity index (χ0n) is 13.3. The third-order valence-corrected chi connectivity index (χ3v) is 3.84. The third kappa shape index (κ3) is 3.60. The minimum atomic E-state index is -0.587. The van der Waals surface area contributed by atoms with Crippen molar-refractivity contribution in [2.24, 2.45) is 25.7 Å². The third-order valence-electron chi connectivity index (χ3n) is 3.84. The Kier molecular flexibility index (Phi) is 5.48. The van der Waals surface area contributed by atoms with Crippen molar-refractivity contribution >= 4 is 5.91 Å². The molecule has 0 aromatic carbocycles. The van der Waals surface area contributed by atoms with Crippen LogP contribution < -0.4 is 17.0 Å². The largest absolute Gasteiger partial charge is 0.340 e. The van der Waals surface area contributed by atoms with E-state index in [-0.39, 0.29) is 18.4 Å². The van der Waals surface area contributed by atoms with Crippen molar-refractivity contribution in [1.82, 2.24) is 14.0 Å². The molecule has 0 aliphatic heterocycles. The van der Waals surface area contributed by atoms with E-state index in [2.05, 4.69) is 0 Å². The summed E-state index contributed by atoms with van der Waals surface area (Å²) in [6.45, 7) is 4.02. The summed E-state index contributed by atoms with van der Waals surface area (Å²) in [7, 11) is 4.59. The highest BCUT2D eigenvalue weighted by molar-refractivity contribution is 5.81. The zero-order chi connectivity index (χ0) is 16.3. The molecule has 2 N–H and O–H groups in total. The lowest BCUT2D eigenvalue weighted by molar-refractivity contribution is -0.133. The van der Waals surface area contributed by atoms with Gasteiger partial charge in [0, 0.05) is 27.3 Å². The highest BCUT2D eigenvalue weighted by Gasteiger charge is 2.23. The van der Waals surface area contributed by atoms with E-state index in [1.54, 1.807) is 14.1 Å². The minimum Gasteiger partial charge on any atom is -0.340 e. The molecule has 0 radical (unpaired) electrons. The van der Waals surface area contributed by atoms with Gasteiger partial charge in [0.15, 0.2) is 0 Å². The first-order valence-corrected chi connectivity index (χ1v) is 6.96. The summed E-state index contributed by atoms with van der Waals surface area (Å²) in [5.41, 5.74) is 5.51. The quantitative estimate of drug-likeness (QED) is 0.787. The molecule has 21 heavy (non-hydrogen) atoms. The molecule has 0 bridgehead atoms. The van der Waals surface area contributed by atoms with Gasteiger partial charge in [-0.1, -0.05) is 20.3 Å². The average Bonchev–Trinajstić information content (AvgIpc) is 2.47. The van der Waals surface area contributed by atoms with E-state index in [0.717, 1.165) is 11.0 Å². The fraction of sp³-hybridized carbons (Fsp3) is 0.643. The number of nitrogens with zero attached hydrogens (tertiary/aromatic N) is 3. The van der Waals surface area contributed by atoms with Gasteiger partial charge in [0.1, 0.15) is 0 Å². The molecule has 0 aliphatic rings. The number of carbonyl (C=O) groups excluding carboxylic acids is 1. The van der Waals surface area contributed by atoms with Crippen LogP contribution in [-0.2, 0) is 25.4 Å². The topological polar surface area (TPSA) is 90.3 Å². The summed E-state index contributed by atoms with van der Waals surface area (Å²) in [5.74, 6) is -0.136. The maximum absolute atomic E-state index is 12.2. The SMILES string of the molecule is CC[C@H](C)[C@H](N)C(=O)N(C)Cc1cn(C)c(=O)n(C)c1=O. The molecule has 1 aromatic rings. The van der Waals surface area contributed by atoms with E-state index in [1.807, 2.05) is 13.8 Å². The van der Waals surface area contributed by atoms with Crippen LogP contribution in [0.2, 0.25) is 0 Å². The molecule has 2 atom stereocenters. The van der Waals surface area contributed by atoms with Gasteiger partial charge in [-0.2, -0.15) is 0 Å². The second-order valence-corrected chi connectivity index (χ2v) is 5.52. The molecule has 0 saturated heterocycles. The highest BCUT2D eigenvalue weighted by atomic mass is 16.2. The first kappa shape index (κ1) is 17.2. The van der Waals surface area contributed by atoms with Crippen LogP contribution in [0.5, 0.6) is 0 Å². The van der Waals surface area contributed by atoms with E-state index >= 15 is 0 Å². The lowest BCUT2D eigenvalue weighted by Gasteiger charge is -2.24. The van der Waals surface area contributed by atoms with Crippen LogP contribution >= 0.6 is 0 Å². The maximum Gasteiger partial charge on any atom is 0.330 e. The highest BCUT2D eigenvalue weighted by Crippen LogP contribution is 2.09. The number of aromatic nitrogens is 2. The summed E-state index contributed by atoms with van der Waals surface area (Å²) in [6, 6.07) is -0.587. The molecule has 0 saturated carbocycles. The Labute approximate surface area is 124 Å². The second-order valence-electron chi connectivity index (χ2n) is 5.52. The number of hydrogen-bond acceptors (Lipinski definition) is 4. The van der Waals surface area contributed by atoms with Crippen molar-refractivity contribution in [3.05, 3.63) is 32.6 Å². The molecule has 0 aliphatic carbocycles. The Bertz CT molecular complexity index is 632. The molecule has 1 aromatic heterocycles. The van der Waals surface area contributed by atoms with Gasteiger partial charge in [-0.05, 0) is 5.92 Å². The molecular formula is C14H24N4O3. The van der Waals surface area contributed by atoms with Crippen molar-refractivity contribution < 1.29 is 4.79 Å². The number of carbonyl (C=O) groups is 1. The van der Waals surface area contributed by atoms with Gasteiger partial charge in [-0.3, -0.25) is 14.2 Å². The molecule has 7 nitrogen and oxygen atoms in total. The lowest BCUT2D eigenvalue weighted by Crippen LogP contribution is -2.46. The van der Waals surface area contributed by atoms with Gasteiger partial charge in [-0.15, -0.1) is 0 Å². The van der Waals surface area contributed by atoms with Crippen LogP contribution in [0.15, 0.2) is 15.8 Å². The zero-order valence-corrected chi connectivity index (χ0v) is 13.3. The van der Waals surface area contributed by atoms with Crippen LogP contribution in [-0.4, -0.2) is 33.0 Å². The Hall–Kier alpha value is -1.89. The molecule has 1 heterocycles. The maximum atomic E-state index is 12.2. The summed E-state index contributed by atoms with van der Waals surface area (Å²) in [6.07, 6.45) is 2.27. The molecule has 1 amide bonds. The Morgan fingerprint density at radius 2 is 1.95 bits per heavy atom. The Morgan fingerprint density at radius 3 is 2.48 bits per heavy atom. The van der Waals surface area contributed by atoms with E-state index in [4.69, 9.17) is 5.73 Å². The minimum absolute atomic E-state index is 0.0721. The molecule has 0 unspecified atom stereocenters. The molecule has 118 valence electrons. The summed E-state index contributed by atoms with van der Waals surface area (Å²) in [4.78, 5) is 37.3. The van der Waals surface area contributed by atoms with Crippen LogP contribution in [0.25, 0.3) is 0 Å². The molecule has 7 heteroatoms. The number of amides is 1. The predicted octanol–water partition coefficient (Wildman–Crippen LogP) is -0.584. The van der Waals surface area contributed by atoms with Crippen LogP contribution in [0.4, 0.5) is 0 Å². The van der Waals surface area contributed by atoms with E-state index in [9.17, 15) is 14.4 Å². The first-order valence-electron chi connectivity index (χ1n) is 6.96. The summed E-state index contributed by atoms with van der Waals surface area (Å²) < 4.78 is 2.35. The molecule has 0 spiro atoms. The van der Waals surface area contributed by atoms with Crippen molar-refractivity contribution in [1.29, 1.82) is 0 Å². The fourth-order valence-corrected chi connectivity index (χ4v) is 2.08. The Morgan fingerprint density at radius 1 is 1.38 bits per heavy atom. The van der Waals surface area contributed by atoms with E-state index in [0.29, 0.717) is 5.56 Å². The summed E-state index contributed by atoms with van der Waals surface area (Å²) >= 11 is 0. The predicted molar refractivity (Wildman–Crippen MR) is 80.8 cm³/mol.